The molecule has 0 aliphatic heterocycles. The van der Waals surface area contributed by atoms with Crippen LogP contribution in [0.1, 0.15) is 19.4 Å². The summed E-state index contributed by atoms with van der Waals surface area (Å²) in [7, 11) is 1.40. The maximum absolute atomic E-state index is 13.4. The third kappa shape index (κ3) is 2.16. The number of methoxy groups -OCH3 is 1. The molecule has 0 aromatic heterocycles. The maximum Gasteiger partial charge on any atom is 0.164 e. The lowest BCUT2D eigenvalue weighted by Crippen LogP contribution is -2.36. The van der Waals surface area contributed by atoms with E-state index in [0.29, 0.717) is 0 Å². The molecular weight excluding hydrogens is 202 g/mol. The number of ether oxygens (including phenoxy) is 1. The molecule has 2 unspecified atom stereocenters. The van der Waals surface area contributed by atoms with Gasteiger partial charge >= 0.3 is 0 Å². The van der Waals surface area contributed by atoms with Crippen LogP contribution in [0.25, 0.3) is 0 Å². The minimum atomic E-state index is -1.55. The van der Waals surface area contributed by atoms with E-state index in [0.717, 1.165) is 6.07 Å². The van der Waals surface area contributed by atoms with Crippen molar-refractivity contribution in [1.82, 2.24) is 0 Å². The van der Waals surface area contributed by atoms with Gasteiger partial charge in [0.15, 0.2) is 11.6 Å². The Morgan fingerprint density at radius 2 is 2.00 bits per heavy atom. The van der Waals surface area contributed by atoms with Gasteiger partial charge in [0.2, 0.25) is 0 Å². The molecule has 84 valence electrons. The van der Waals surface area contributed by atoms with Gasteiger partial charge in [-0.15, -0.1) is 0 Å². The van der Waals surface area contributed by atoms with Crippen LogP contribution in [-0.4, -0.2) is 18.3 Å². The second-order valence-corrected chi connectivity index (χ2v) is 3.63. The van der Waals surface area contributed by atoms with Crippen LogP contribution < -0.4 is 0 Å². The van der Waals surface area contributed by atoms with Gasteiger partial charge in [-0.2, -0.15) is 0 Å². The van der Waals surface area contributed by atoms with Crippen LogP contribution in [0.4, 0.5) is 8.78 Å². The Labute approximate surface area is 87.5 Å². The Balaban J connectivity index is 3.20. The summed E-state index contributed by atoms with van der Waals surface area (Å²) in [6.45, 7) is 2.98. The first kappa shape index (κ1) is 12.1. The lowest BCUT2D eigenvalue weighted by Gasteiger charge is -2.29. The summed E-state index contributed by atoms with van der Waals surface area (Å²) < 4.78 is 31.3. The largest absolute Gasteiger partial charge is 0.383 e. The number of rotatable bonds is 3. The summed E-state index contributed by atoms with van der Waals surface area (Å²) in [6, 6.07) is 3.70. The zero-order valence-corrected chi connectivity index (χ0v) is 8.92. The van der Waals surface area contributed by atoms with Gasteiger partial charge in [-0.1, -0.05) is 12.1 Å². The predicted molar refractivity (Wildman–Crippen MR) is 52.4 cm³/mol. The standard InChI is InChI=1S/C11H14F2O2/c1-7(15-3)11(2,14)8-5-4-6-9(12)10(8)13/h4-7,14H,1-3H3. The molecule has 0 fully saturated rings. The number of benzene rings is 1. The Morgan fingerprint density at radius 1 is 1.40 bits per heavy atom. The molecule has 1 aromatic carbocycles. The quantitative estimate of drug-likeness (QED) is 0.839. The van der Waals surface area contributed by atoms with E-state index in [9.17, 15) is 13.9 Å². The smallest absolute Gasteiger partial charge is 0.164 e. The fourth-order valence-electron chi connectivity index (χ4n) is 1.34. The maximum atomic E-state index is 13.4. The fraction of sp³-hybridized carbons (Fsp3) is 0.455. The third-order valence-electron chi connectivity index (χ3n) is 2.64. The molecule has 0 aliphatic rings. The summed E-state index contributed by atoms with van der Waals surface area (Å²) in [5, 5.41) is 10.0. The molecule has 1 rings (SSSR count). The highest BCUT2D eigenvalue weighted by molar-refractivity contribution is 5.25. The second kappa shape index (κ2) is 4.24. The van der Waals surface area contributed by atoms with Crippen molar-refractivity contribution in [2.75, 3.05) is 7.11 Å². The minimum absolute atomic E-state index is 0.100. The molecule has 0 heterocycles. The first-order chi connectivity index (χ1) is 6.91. The van der Waals surface area contributed by atoms with Gasteiger partial charge in [-0.05, 0) is 19.9 Å². The molecule has 2 nitrogen and oxygen atoms in total. The van der Waals surface area contributed by atoms with E-state index in [4.69, 9.17) is 4.74 Å². The number of aliphatic hydroxyl groups is 1. The zero-order valence-electron chi connectivity index (χ0n) is 8.92. The molecule has 4 heteroatoms. The number of hydrogen-bond acceptors (Lipinski definition) is 2. The van der Waals surface area contributed by atoms with Crippen molar-refractivity contribution in [2.24, 2.45) is 0 Å². The van der Waals surface area contributed by atoms with Gasteiger partial charge in [-0.25, -0.2) is 8.78 Å². The van der Waals surface area contributed by atoms with Crippen LogP contribution >= 0.6 is 0 Å². The molecule has 15 heavy (non-hydrogen) atoms. The Kier molecular flexibility index (Phi) is 3.42. The van der Waals surface area contributed by atoms with Gasteiger partial charge in [-0.3, -0.25) is 0 Å². The normalized spacial score (nSPS) is 17.2. The Hall–Kier alpha value is -1.00. The molecule has 0 aliphatic carbocycles. The summed E-state index contributed by atoms with van der Waals surface area (Å²) in [5.41, 5.74) is -1.65. The summed E-state index contributed by atoms with van der Waals surface area (Å²) in [4.78, 5) is 0. The van der Waals surface area contributed by atoms with Crippen LogP contribution in [0.5, 0.6) is 0 Å². The molecule has 0 saturated heterocycles. The highest BCUT2D eigenvalue weighted by Gasteiger charge is 2.34. The van der Waals surface area contributed by atoms with Crippen molar-refractivity contribution >= 4 is 0 Å². The van der Waals surface area contributed by atoms with Crippen LogP contribution in [0, 0.1) is 11.6 Å². The van der Waals surface area contributed by atoms with Crippen LogP contribution in [-0.2, 0) is 10.3 Å². The molecule has 0 saturated carbocycles. The molecule has 1 aromatic rings. The van der Waals surface area contributed by atoms with Crippen molar-refractivity contribution < 1.29 is 18.6 Å². The van der Waals surface area contributed by atoms with Gasteiger partial charge in [0.05, 0.1) is 6.10 Å². The predicted octanol–water partition coefficient (Wildman–Crippen LogP) is 2.21. The monoisotopic (exact) mass is 216 g/mol. The van der Waals surface area contributed by atoms with Crippen LogP contribution in [0.3, 0.4) is 0 Å². The fourth-order valence-corrected chi connectivity index (χ4v) is 1.34. The lowest BCUT2D eigenvalue weighted by molar-refractivity contribution is -0.0793. The molecule has 0 amide bonds. The summed E-state index contributed by atoms with van der Waals surface area (Å²) in [6.07, 6.45) is -0.631. The van der Waals surface area contributed by atoms with Crippen molar-refractivity contribution in [3.05, 3.63) is 35.4 Å². The molecule has 1 N–H and O–H groups in total. The van der Waals surface area contributed by atoms with E-state index >= 15 is 0 Å². The second-order valence-electron chi connectivity index (χ2n) is 3.63. The zero-order chi connectivity index (χ0) is 11.6. The first-order valence-corrected chi connectivity index (χ1v) is 4.61. The van der Waals surface area contributed by atoms with Gasteiger partial charge < -0.3 is 9.84 Å². The van der Waals surface area contributed by atoms with Crippen molar-refractivity contribution in [3.63, 3.8) is 0 Å². The van der Waals surface area contributed by atoms with Gasteiger partial charge in [0.1, 0.15) is 5.60 Å². The van der Waals surface area contributed by atoms with E-state index in [-0.39, 0.29) is 5.56 Å². The Morgan fingerprint density at radius 3 is 2.53 bits per heavy atom. The summed E-state index contributed by atoms with van der Waals surface area (Å²) >= 11 is 0. The molecule has 0 spiro atoms. The Bertz CT molecular complexity index is 350. The van der Waals surface area contributed by atoms with Crippen LogP contribution in [0.2, 0.25) is 0 Å². The minimum Gasteiger partial charge on any atom is -0.383 e. The topological polar surface area (TPSA) is 29.5 Å². The molecule has 2 atom stereocenters. The third-order valence-corrected chi connectivity index (χ3v) is 2.64. The van der Waals surface area contributed by atoms with Gasteiger partial charge in [0, 0.05) is 12.7 Å². The lowest BCUT2D eigenvalue weighted by atomic mass is 9.90. The van der Waals surface area contributed by atoms with E-state index in [2.05, 4.69) is 0 Å². The van der Waals surface area contributed by atoms with Gasteiger partial charge in [0.25, 0.3) is 0 Å². The van der Waals surface area contributed by atoms with E-state index in [1.807, 2.05) is 0 Å². The van der Waals surface area contributed by atoms with E-state index in [1.165, 1.54) is 26.2 Å². The van der Waals surface area contributed by atoms with Crippen molar-refractivity contribution in [1.29, 1.82) is 0 Å². The highest BCUT2D eigenvalue weighted by atomic mass is 19.2. The van der Waals surface area contributed by atoms with Crippen molar-refractivity contribution in [3.8, 4) is 0 Å². The average Bonchev–Trinajstić information content (AvgIpc) is 2.20. The SMILES string of the molecule is COC(C)C(C)(O)c1cccc(F)c1F. The highest BCUT2D eigenvalue weighted by Crippen LogP contribution is 2.29. The van der Waals surface area contributed by atoms with E-state index < -0.39 is 23.3 Å². The first-order valence-electron chi connectivity index (χ1n) is 4.61. The summed E-state index contributed by atoms with van der Waals surface area (Å²) in [5.74, 6) is -2.01. The number of hydrogen-bond donors (Lipinski definition) is 1. The molecule has 0 radical (unpaired) electrons. The van der Waals surface area contributed by atoms with Crippen LogP contribution in [0.15, 0.2) is 18.2 Å². The number of halogens is 2. The average molecular weight is 216 g/mol. The van der Waals surface area contributed by atoms with E-state index in [1.54, 1.807) is 6.92 Å². The molecular formula is C11H14F2O2. The van der Waals surface area contributed by atoms with Crippen molar-refractivity contribution in [2.45, 2.75) is 25.6 Å². The molecule has 0 bridgehead atoms.